The number of thiol groups is 2. The second-order valence-corrected chi connectivity index (χ2v) is 11.5. The van der Waals surface area contributed by atoms with Crippen molar-refractivity contribution in [2.24, 2.45) is 0 Å². The van der Waals surface area contributed by atoms with Gasteiger partial charge in [-0.3, -0.25) is 4.98 Å². The van der Waals surface area contributed by atoms with E-state index in [0.717, 1.165) is 73.4 Å². The first-order chi connectivity index (χ1) is 18.7. The van der Waals surface area contributed by atoms with Crippen molar-refractivity contribution in [3.63, 3.8) is 0 Å². The molecule has 0 atom stereocenters. The predicted molar refractivity (Wildman–Crippen MR) is 161 cm³/mol. The van der Waals surface area contributed by atoms with Crippen LogP contribution in [0.25, 0.3) is 53.6 Å². The Hall–Kier alpha value is -3.77. The van der Waals surface area contributed by atoms with E-state index in [0.29, 0.717) is 11.6 Å². The molecule has 0 saturated carbocycles. The van der Waals surface area contributed by atoms with Crippen LogP contribution in [0.1, 0.15) is 0 Å². The SMILES string of the molecule is Sc1c(Nc2ncnc(Nc3sc4oc5ccccc5c4c3S)c3cncc2-3)sc2oc3ccccc3c12. The van der Waals surface area contributed by atoms with Gasteiger partial charge in [0.15, 0.2) is 9.79 Å². The van der Waals surface area contributed by atoms with Crippen molar-refractivity contribution in [2.45, 2.75) is 9.79 Å². The van der Waals surface area contributed by atoms with E-state index in [1.54, 1.807) is 12.4 Å². The third-order valence-electron chi connectivity index (χ3n) is 6.46. The molecule has 184 valence electrons. The normalized spacial score (nSPS) is 11.9. The Morgan fingerprint density at radius 2 is 1.13 bits per heavy atom. The van der Waals surface area contributed by atoms with Crippen molar-refractivity contribution in [1.29, 1.82) is 0 Å². The van der Waals surface area contributed by atoms with E-state index in [-0.39, 0.29) is 0 Å². The lowest BCUT2D eigenvalue weighted by atomic mass is 10.2. The highest BCUT2D eigenvalue weighted by Gasteiger charge is 2.22. The molecule has 0 radical (unpaired) electrons. The molecule has 8 rings (SSSR count). The monoisotopic (exact) mass is 569 g/mol. The molecule has 0 aliphatic carbocycles. The van der Waals surface area contributed by atoms with Crippen molar-refractivity contribution < 1.29 is 8.83 Å². The van der Waals surface area contributed by atoms with Crippen LogP contribution in [0.4, 0.5) is 21.6 Å². The van der Waals surface area contributed by atoms with Crippen LogP contribution < -0.4 is 10.6 Å². The number of nitrogens with zero attached hydrogens (tertiary/aromatic N) is 3. The Morgan fingerprint density at radius 1 is 0.658 bits per heavy atom. The molecule has 2 N–H and O–H groups in total. The fraction of sp³-hybridized carbons (Fsp3) is 0. The molecule has 2 aliphatic rings. The van der Waals surface area contributed by atoms with E-state index in [4.69, 9.17) is 34.1 Å². The number of fused-ring (bicyclic) bond motifs is 7. The smallest absolute Gasteiger partial charge is 0.192 e. The zero-order valence-electron chi connectivity index (χ0n) is 19.2. The number of aromatic nitrogens is 3. The van der Waals surface area contributed by atoms with E-state index in [1.165, 1.54) is 29.0 Å². The van der Waals surface area contributed by atoms with Crippen LogP contribution in [0.2, 0.25) is 0 Å². The van der Waals surface area contributed by atoms with Gasteiger partial charge in [0.25, 0.3) is 0 Å². The molecule has 4 aromatic heterocycles. The lowest BCUT2D eigenvalue weighted by Gasteiger charge is -2.08. The van der Waals surface area contributed by atoms with Gasteiger partial charge in [-0.15, -0.1) is 25.3 Å². The molecule has 0 saturated heterocycles. The minimum Gasteiger partial charge on any atom is -0.445 e. The Kier molecular flexibility index (Phi) is 4.90. The number of hydrogen-bond acceptors (Lipinski definition) is 11. The third kappa shape index (κ3) is 3.26. The highest BCUT2D eigenvalue weighted by atomic mass is 32.1. The summed E-state index contributed by atoms with van der Waals surface area (Å²) >= 11 is 12.6. The van der Waals surface area contributed by atoms with Gasteiger partial charge >= 0.3 is 0 Å². The zero-order chi connectivity index (χ0) is 25.4. The molecule has 0 unspecified atom stereocenters. The van der Waals surface area contributed by atoms with Crippen LogP contribution in [-0.4, -0.2) is 15.0 Å². The van der Waals surface area contributed by atoms with Gasteiger partial charge in [-0.1, -0.05) is 59.1 Å². The molecule has 38 heavy (non-hydrogen) atoms. The number of benzene rings is 2. The molecular weight excluding hydrogens is 555 g/mol. The predicted octanol–water partition coefficient (Wildman–Crippen LogP) is 8.96. The molecule has 2 aliphatic heterocycles. The summed E-state index contributed by atoms with van der Waals surface area (Å²) < 4.78 is 12.1. The fourth-order valence-corrected chi connectivity index (χ4v) is 7.65. The summed E-state index contributed by atoms with van der Waals surface area (Å²) in [4.78, 5) is 16.9. The molecule has 0 fully saturated rings. The van der Waals surface area contributed by atoms with Gasteiger partial charge < -0.3 is 19.5 Å². The quantitative estimate of drug-likeness (QED) is 0.157. The summed E-state index contributed by atoms with van der Waals surface area (Å²) in [5.74, 6) is 1.25. The van der Waals surface area contributed by atoms with Gasteiger partial charge in [0.05, 0.1) is 20.6 Å². The average molecular weight is 570 g/mol. The number of para-hydroxylation sites is 2. The molecule has 7 nitrogen and oxygen atoms in total. The molecule has 0 spiro atoms. The summed E-state index contributed by atoms with van der Waals surface area (Å²) in [6, 6.07) is 15.9. The second-order valence-electron chi connectivity index (χ2n) is 8.64. The van der Waals surface area contributed by atoms with Gasteiger partial charge in [-0.05, 0) is 12.1 Å². The number of furan rings is 2. The van der Waals surface area contributed by atoms with Gasteiger partial charge in [0.2, 0.25) is 0 Å². The highest BCUT2D eigenvalue weighted by molar-refractivity contribution is 7.81. The van der Waals surface area contributed by atoms with Crippen LogP contribution in [0.5, 0.6) is 0 Å². The molecule has 2 aromatic carbocycles. The lowest BCUT2D eigenvalue weighted by molar-refractivity contribution is 0.677. The number of thiophene rings is 2. The van der Waals surface area contributed by atoms with E-state index in [9.17, 15) is 0 Å². The molecule has 0 bridgehead atoms. The van der Waals surface area contributed by atoms with Gasteiger partial charge in [0, 0.05) is 34.3 Å². The first-order valence-corrected chi connectivity index (χ1v) is 14.1. The fourth-order valence-electron chi connectivity index (χ4n) is 4.72. The van der Waals surface area contributed by atoms with Crippen LogP contribution in [-0.2, 0) is 0 Å². The van der Waals surface area contributed by atoms with Gasteiger partial charge in [0.1, 0.15) is 39.1 Å². The Balaban J connectivity index is 1.17. The number of anilines is 4. The lowest BCUT2D eigenvalue weighted by Crippen LogP contribution is -1.94. The van der Waals surface area contributed by atoms with Gasteiger partial charge in [-0.2, -0.15) is 0 Å². The first-order valence-electron chi connectivity index (χ1n) is 11.5. The molecule has 6 heterocycles. The van der Waals surface area contributed by atoms with Crippen LogP contribution in [0, 0.1) is 0 Å². The summed E-state index contributed by atoms with van der Waals surface area (Å²) in [7, 11) is 0. The summed E-state index contributed by atoms with van der Waals surface area (Å²) in [5.41, 5.74) is 3.33. The topological polar surface area (TPSA) is 89.0 Å². The highest BCUT2D eigenvalue weighted by Crippen LogP contribution is 2.47. The average Bonchev–Trinajstić information content (AvgIpc) is 3.71. The van der Waals surface area contributed by atoms with Crippen molar-refractivity contribution in [3.05, 3.63) is 67.3 Å². The van der Waals surface area contributed by atoms with Crippen molar-refractivity contribution in [1.82, 2.24) is 15.0 Å². The maximum Gasteiger partial charge on any atom is 0.192 e. The minimum atomic E-state index is 0.624. The zero-order valence-corrected chi connectivity index (χ0v) is 22.6. The van der Waals surface area contributed by atoms with Crippen LogP contribution >= 0.6 is 47.9 Å². The van der Waals surface area contributed by atoms with Crippen molar-refractivity contribution >= 4 is 112 Å². The van der Waals surface area contributed by atoms with Crippen LogP contribution in [0.3, 0.4) is 0 Å². The van der Waals surface area contributed by atoms with E-state index >= 15 is 0 Å². The Labute approximate surface area is 233 Å². The summed E-state index contributed by atoms with van der Waals surface area (Å²) in [5, 5.41) is 12.6. The van der Waals surface area contributed by atoms with E-state index in [1.807, 2.05) is 48.5 Å². The van der Waals surface area contributed by atoms with Crippen molar-refractivity contribution in [2.75, 3.05) is 10.6 Å². The molecular formula is C27H15N5O2S4. The molecule has 11 heteroatoms. The van der Waals surface area contributed by atoms with E-state index < -0.39 is 0 Å². The van der Waals surface area contributed by atoms with Crippen molar-refractivity contribution in [3.8, 4) is 11.1 Å². The maximum atomic E-state index is 6.05. The third-order valence-corrected chi connectivity index (χ3v) is 9.63. The molecule has 0 amide bonds. The summed E-state index contributed by atoms with van der Waals surface area (Å²) in [6.07, 6.45) is 5.08. The van der Waals surface area contributed by atoms with Gasteiger partial charge in [-0.25, -0.2) is 9.97 Å². The number of rotatable bonds is 4. The second kappa shape index (κ2) is 8.37. The minimum absolute atomic E-state index is 0.624. The first kappa shape index (κ1) is 22.2. The maximum absolute atomic E-state index is 6.05. The standard InChI is InChI=1S/C27H15N5O2S4/c35-20-18-12-5-1-3-7-16(12)33-26(18)37-24(20)31-22-14-9-28-10-15(14)23(30-11-29-22)32-25-21(36)19-13-6-2-4-8-17(13)34-27(19)38-25/h1-11,35-36H,(H2,29,30,31,32). The van der Waals surface area contributed by atoms with Crippen LogP contribution in [0.15, 0.2) is 85.9 Å². The Morgan fingerprint density at radius 3 is 1.63 bits per heavy atom. The molecule has 6 aromatic rings. The Bertz CT molecular complexity index is 1990. The van der Waals surface area contributed by atoms with E-state index in [2.05, 4.69) is 25.6 Å². The number of nitrogens with one attached hydrogen (secondary N) is 2. The number of hydrogen-bond donors (Lipinski definition) is 4. The largest absolute Gasteiger partial charge is 0.445 e. The summed E-state index contributed by atoms with van der Waals surface area (Å²) in [6.45, 7) is 0.